The quantitative estimate of drug-likeness (QED) is 0.158. The molecule has 3 heterocycles. The van der Waals surface area contributed by atoms with E-state index < -0.39 is 0 Å². The molecule has 10 rings (SSSR count). The Labute approximate surface area is 337 Å². The second-order valence-electron chi connectivity index (χ2n) is 22.4. The van der Waals surface area contributed by atoms with Crippen LogP contribution in [0.25, 0.3) is 11.1 Å². The molecule has 0 amide bonds. The van der Waals surface area contributed by atoms with E-state index in [0.717, 1.165) is 0 Å². The van der Waals surface area contributed by atoms with Crippen molar-refractivity contribution in [3.63, 3.8) is 0 Å². The van der Waals surface area contributed by atoms with Crippen LogP contribution in [-0.4, -0.2) is 6.85 Å². The summed E-state index contributed by atoms with van der Waals surface area (Å²) >= 11 is 0. The van der Waals surface area contributed by atoms with E-state index in [9.17, 15) is 0 Å². The fourth-order valence-corrected chi connectivity index (χ4v) is 11.6. The Balaban J connectivity index is 1.37. The SMILES string of the molecule is CC(C)(C)c1cc2c3c(c1)N1c4cc5c(cc4C(C)(C)c4cccc(c41)B3N(c1ccccc1)c1cc3c(cc1-2)C(C)(C)CCC3(C)C)C(C)(C)CCC5(C)C. The molecule has 286 valence electrons. The van der Waals surface area contributed by atoms with Crippen LogP contribution in [0.2, 0.25) is 0 Å². The lowest BCUT2D eigenvalue weighted by molar-refractivity contribution is 0.331. The summed E-state index contributed by atoms with van der Waals surface area (Å²) < 4.78 is 0. The van der Waals surface area contributed by atoms with Gasteiger partial charge in [-0.05, 0) is 145 Å². The molecule has 0 saturated carbocycles. The second kappa shape index (κ2) is 11.0. The first kappa shape index (κ1) is 36.1. The maximum Gasteiger partial charge on any atom is 0.333 e. The minimum absolute atomic E-state index is 0.0261. The first-order valence-corrected chi connectivity index (χ1v) is 21.5. The van der Waals surface area contributed by atoms with Crippen molar-refractivity contribution in [2.24, 2.45) is 0 Å². The average molecular weight is 737 g/mol. The van der Waals surface area contributed by atoms with Crippen LogP contribution in [0, 0.1) is 0 Å². The van der Waals surface area contributed by atoms with E-state index >= 15 is 0 Å². The summed E-state index contributed by atoms with van der Waals surface area (Å²) in [5, 5.41) is 0. The van der Waals surface area contributed by atoms with Crippen LogP contribution in [-0.2, 0) is 32.5 Å². The summed E-state index contributed by atoms with van der Waals surface area (Å²) in [6.07, 6.45) is 4.81. The summed E-state index contributed by atoms with van der Waals surface area (Å²) in [6.45, 7) is 32.0. The van der Waals surface area contributed by atoms with Crippen molar-refractivity contribution in [2.45, 2.75) is 148 Å². The molecule has 0 N–H and O–H groups in total. The summed E-state index contributed by atoms with van der Waals surface area (Å²) in [4.78, 5) is 5.47. The number of benzene rings is 5. The van der Waals surface area contributed by atoms with Crippen LogP contribution >= 0.6 is 0 Å². The molecule has 5 aliphatic rings. The molecule has 2 nitrogen and oxygen atoms in total. The fourth-order valence-electron chi connectivity index (χ4n) is 11.6. The Morgan fingerprint density at radius 3 is 1.64 bits per heavy atom. The molecule has 0 saturated heterocycles. The van der Waals surface area contributed by atoms with Gasteiger partial charge in [0.25, 0.3) is 0 Å². The van der Waals surface area contributed by atoms with Crippen molar-refractivity contribution in [1.82, 2.24) is 0 Å². The lowest BCUT2D eigenvalue weighted by atomic mass is 9.42. The molecule has 2 aliphatic carbocycles. The van der Waals surface area contributed by atoms with Crippen LogP contribution in [0.5, 0.6) is 0 Å². The molecule has 56 heavy (non-hydrogen) atoms. The van der Waals surface area contributed by atoms with Crippen molar-refractivity contribution in [3.05, 3.63) is 124 Å². The topological polar surface area (TPSA) is 6.48 Å². The van der Waals surface area contributed by atoms with E-state index in [0.29, 0.717) is 0 Å². The Morgan fingerprint density at radius 1 is 0.500 bits per heavy atom. The van der Waals surface area contributed by atoms with Gasteiger partial charge in [0.15, 0.2) is 0 Å². The normalized spacial score (nSPS) is 20.9. The number of hydrogen-bond donors (Lipinski definition) is 0. The number of rotatable bonds is 1. The van der Waals surface area contributed by atoms with Gasteiger partial charge in [-0.2, -0.15) is 0 Å². The van der Waals surface area contributed by atoms with Gasteiger partial charge >= 0.3 is 6.85 Å². The molecule has 0 atom stereocenters. The molecule has 0 bridgehead atoms. The number of para-hydroxylation sites is 2. The second-order valence-corrected chi connectivity index (χ2v) is 22.4. The first-order chi connectivity index (χ1) is 26.1. The predicted octanol–water partition coefficient (Wildman–Crippen LogP) is 13.0. The van der Waals surface area contributed by atoms with Gasteiger partial charge < -0.3 is 9.71 Å². The molecule has 5 aromatic carbocycles. The van der Waals surface area contributed by atoms with Gasteiger partial charge in [0.1, 0.15) is 0 Å². The highest BCUT2D eigenvalue weighted by Crippen LogP contribution is 2.59. The highest BCUT2D eigenvalue weighted by molar-refractivity contribution is 6.93. The summed E-state index contributed by atoms with van der Waals surface area (Å²) in [7, 11) is 0. The maximum atomic E-state index is 2.74. The minimum Gasteiger partial charge on any atom is -0.376 e. The molecule has 0 unspecified atom stereocenters. The van der Waals surface area contributed by atoms with Gasteiger partial charge in [0.2, 0.25) is 0 Å². The average Bonchev–Trinajstić information content (AvgIpc) is 3.14. The third-order valence-electron chi connectivity index (χ3n) is 15.5. The van der Waals surface area contributed by atoms with Crippen LogP contribution in [0.3, 0.4) is 0 Å². The Morgan fingerprint density at radius 2 is 1.05 bits per heavy atom. The van der Waals surface area contributed by atoms with E-state index in [4.69, 9.17) is 0 Å². The molecular weight excluding hydrogens is 675 g/mol. The molecule has 3 heteroatoms. The lowest BCUT2D eigenvalue weighted by Gasteiger charge is -2.52. The Kier molecular flexibility index (Phi) is 7.12. The fraction of sp³-hybridized carbons (Fsp3) is 0.434. The van der Waals surface area contributed by atoms with Crippen molar-refractivity contribution >= 4 is 46.2 Å². The van der Waals surface area contributed by atoms with Crippen molar-refractivity contribution in [3.8, 4) is 11.1 Å². The van der Waals surface area contributed by atoms with Crippen LogP contribution in [0.1, 0.15) is 155 Å². The van der Waals surface area contributed by atoms with Gasteiger partial charge in [0, 0.05) is 33.7 Å². The first-order valence-electron chi connectivity index (χ1n) is 21.5. The third kappa shape index (κ3) is 4.75. The minimum atomic E-state index is -0.176. The van der Waals surface area contributed by atoms with E-state index in [1.165, 1.54) is 110 Å². The third-order valence-corrected chi connectivity index (χ3v) is 15.5. The van der Waals surface area contributed by atoms with Gasteiger partial charge in [0.05, 0.1) is 5.69 Å². The number of anilines is 5. The highest BCUT2D eigenvalue weighted by Gasteiger charge is 2.52. The number of hydrogen-bond acceptors (Lipinski definition) is 2. The summed E-state index contributed by atoms with van der Waals surface area (Å²) in [5.41, 5.74) is 23.0. The van der Waals surface area contributed by atoms with Gasteiger partial charge in [-0.1, -0.05) is 139 Å². The maximum absolute atomic E-state index is 2.74. The van der Waals surface area contributed by atoms with Gasteiger partial charge in [-0.25, -0.2) is 0 Å². The molecule has 0 fully saturated rings. The lowest BCUT2D eigenvalue weighted by Crippen LogP contribution is -2.62. The Hall–Kier alpha value is -4.24. The van der Waals surface area contributed by atoms with E-state index in [2.05, 4.69) is 185 Å². The zero-order valence-corrected chi connectivity index (χ0v) is 36.4. The largest absolute Gasteiger partial charge is 0.376 e. The van der Waals surface area contributed by atoms with E-state index in [-0.39, 0.29) is 39.3 Å². The zero-order chi connectivity index (χ0) is 39.7. The molecule has 0 spiro atoms. The van der Waals surface area contributed by atoms with Crippen molar-refractivity contribution in [2.75, 3.05) is 9.71 Å². The Bertz CT molecular complexity index is 2510. The molecule has 5 aromatic rings. The van der Waals surface area contributed by atoms with Gasteiger partial charge in [-0.3, -0.25) is 0 Å². The summed E-state index contributed by atoms with van der Waals surface area (Å²) in [6, 6.07) is 34.3. The van der Waals surface area contributed by atoms with Crippen LogP contribution < -0.4 is 20.6 Å². The summed E-state index contributed by atoms with van der Waals surface area (Å²) in [5.74, 6) is 0. The van der Waals surface area contributed by atoms with Crippen molar-refractivity contribution in [1.29, 1.82) is 0 Å². The molecular formula is C53H61BN2. The van der Waals surface area contributed by atoms with E-state index in [1.807, 2.05) is 0 Å². The molecule has 0 aromatic heterocycles. The monoisotopic (exact) mass is 736 g/mol. The molecule has 3 aliphatic heterocycles. The highest BCUT2D eigenvalue weighted by atomic mass is 15.2. The molecule has 0 radical (unpaired) electrons. The number of nitrogens with zero attached hydrogens (tertiary/aromatic N) is 2. The van der Waals surface area contributed by atoms with Crippen LogP contribution in [0.4, 0.5) is 28.4 Å². The van der Waals surface area contributed by atoms with Crippen molar-refractivity contribution < 1.29 is 0 Å². The smallest absolute Gasteiger partial charge is 0.333 e. The van der Waals surface area contributed by atoms with Gasteiger partial charge in [-0.15, -0.1) is 0 Å². The van der Waals surface area contributed by atoms with E-state index in [1.54, 1.807) is 5.56 Å². The van der Waals surface area contributed by atoms with Crippen LogP contribution in [0.15, 0.2) is 84.9 Å². The predicted molar refractivity (Wildman–Crippen MR) is 242 cm³/mol. The standard InChI is InChI=1S/C53H61BN2/c1-48(2,3)32-26-35-34-28-37-39(51(8,9)24-22-49(37,4)5)30-43(34)56(33-18-15-14-16-19-33)54-42-21-17-20-36-47(42)55(45(27-32)46(35)54)44-31-40-38(29-41(44)53(36,12)13)50(6,7)23-25-52(40,10)11/h14-21,26-31H,22-25H2,1-13H3. The zero-order valence-electron chi connectivity index (χ0n) is 36.4. The number of fused-ring (bicyclic) bond motifs is 8.